The normalized spacial score (nSPS) is 25.5. The molecular formula is C15H29ClN2O2S. The predicted molar refractivity (Wildman–Crippen MR) is 91.3 cm³/mol. The van der Waals surface area contributed by atoms with Crippen LogP contribution in [-0.2, 0) is 9.53 Å². The highest BCUT2D eigenvalue weighted by Gasteiger charge is 2.43. The van der Waals surface area contributed by atoms with Crippen LogP contribution in [0, 0.1) is 11.3 Å². The number of nitrogens with one attached hydrogen (secondary N) is 1. The van der Waals surface area contributed by atoms with E-state index in [-0.39, 0.29) is 17.8 Å². The summed E-state index contributed by atoms with van der Waals surface area (Å²) in [6.45, 7) is 8.70. The van der Waals surface area contributed by atoms with Crippen molar-refractivity contribution in [2.75, 3.05) is 45.6 Å². The Morgan fingerprint density at radius 1 is 1.43 bits per heavy atom. The van der Waals surface area contributed by atoms with Crippen LogP contribution in [0.2, 0.25) is 0 Å². The Bertz CT molecular complexity index is 330. The monoisotopic (exact) mass is 336 g/mol. The number of hydrogen-bond acceptors (Lipinski definition) is 4. The van der Waals surface area contributed by atoms with E-state index in [9.17, 15) is 4.79 Å². The molecule has 1 unspecified atom stereocenters. The van der Waals surface area contributed by atoms with E-state index >= 15 is 0 Å². The highest BCUT2D eigenvalue weighted by Crippen LogP contribution is 2.34. The lowest BCUT2D eigenvalue weighted by atomic mass is 9.78. The van der Waals surface area contributed by atoms with Crippen LogP contribution >= 0.6 is 24.2 Å². The molecule has 0 bridgehead atoms. The Labute approximate surface area is 139 Å². The smallest absolute Gasteiger partial charge is 0.231 e. The van der Waals surface area contributed by atoms with Crippen LogP contribution in [0.1, 0.15) is 26.7 Å². The second-order valence-electron chi connectivity index (χ2n) is 6.37. The summed E-state index contributed by atoms with van der Waals surface area (Å²) in [7, 11) is 1.71. The van der Waals surface area contributed by atoms with Crippen molar-refractivity contribution in [1.82, 2.24) is 10.2 Å². The van der Waals surface area contributed by atoms with Crippen LogP contribution in [0.5, 0.6) is 0 Å². The zero-order chi connectivity index (χ0) is 14.6. The summed E-state index contributed by atoms with van der Waals surface area (Å²) < 4.78 is 5.39. The molecule has 0 aromatic heterocycles. The minimum atomic E-state index is -0.288. The van der Waals surface area contributed by atoms with E-state index in [2.05, 4.69) is 24.1 Å². The van der Waals surface area contributed by atoms with Gasteiger partial charge in [-0.3, -0.25) is 4.79 Å². The highest BCUT2D eigenvalue weighted by molar-refractivity contribution is 8.00. The van der Waals surface area contributed by atoms with Crippen molar-refractivity contribution in [3.63, 3.8) is 0 Å². The van der Waals surface area contributed by atoms with Gasteiger partial charge in [-0.1, -0.05) is 13.8 Å². The Morgan fingerprint density at radius 3 is 2.67 bits per heavy atom. The van der Waals surface area contributed by atoms with Crippen molar-refractivity contribution in [2.45, 2.75) is 31.9 Å². The standard InChI is InChI=1S/C15H28N2O2S.ClH/c1-12(2)13-10-17(8-9-20-13)14(18)15(11-19-3)4-6-16-7-5-15;/h12-13,16H,4-11H2,1-3H3;1H. The fraction of sp³-hybridized carbons (Fsp3) is 0.933. The first-order valence-corrected chi connectivity index (χ1v) is 8.74. The van der Waals surface area contributed by atoms with Crippen molar-refractivity contribution in [3.05, 3.63) is 0 Å². The third-order valence-corrected chi connectivity index (χ3v) is 6.10. The van der Waals surface area contributed by atoms with Gasteiger partial charge >= 0.3 is 0 Å². The van der Waals surface area contributed by atoms with Gasteiger partial charge in [-0.2, -0.15) is 11.8 Å². The van der Waals surface area contributed by atoms with E-state index in [1.807, 2.05) is 11.8 Å². The molecule has 0 radical (unpaired) electrons. The number of carbonyl (C=O) groups is 1. The minimum Gasteiger partial charge on any atom is -0.384 e. The van der Waals surface area contributed by atoms with Crippen molar-refractivity contribution in [1.29, 1.82) is 0 Å². The zero-order valence-electron chi connectivity index (χ0n) is 13.4. The topological polar surface area (TPSA) is 41.6 Å². The van der Waals surface area contributed by atoms with Crippen LogP contribution in [0.15, 0.2) is 0 Å². The van der Waals surface area contributed by atoms with Crippen molar-refractivity contribution >= 4 is 30.1 Å². The fourth-order valence-electron chi connectivity index (χ4n) is 3.20. The SMILES string of the molecule is COCC1(C(=O)N2CCSC(C(C)C)C2)CCNCC1.Cl. The number of carbonyl (C=O) groups excluding carboxylic acids is 1. The molecule has 1 amide bonds. The Hall–Kier alpha value is 0.0300. The Balaban J connectivity index is 0.00000220. The Morgan fingerprint density at radius 2 is 2.10 bits per heavy atom. The summed E-state index contributed by atoms with van der Waals surface area (Å²) in [5.41, 5.74) is -0.288. The number of halogens is 1. The molecule has 1 atom stereocenters. The number of hydrogen-bond donors (Lipinski definition) is 1. The van der Waals surface area contributed by atoms with E-state index in [0.717, 1.165) is 44.8 Å². The summed E-state index contributed by atoms with van der Waals surface area (Å²) in [6, 6.07) is 0. The number of amides is 1. The molecule has 21 heavy (non-hydrogen) atoms. The first kappa shape index (κ1) is 19.1. The maximum absolute atomic E-state index is 13.0. The molecule has 2 aliphatic rings. The average molecular weight is 337 g/mol. The molecule has 2 heterocycles. The van der Waals surface area contributed by atoms with Gasteiger partial charge in [0.1, 0.15) is 0 Å². The number of rotatable bonds is 4. The van der Waals surface area contributed by atoms with Gasteiger partial charge < -0.3 is 15.0 Å². The lowest BCUT2D eigenvalue weighted by molar-refractivity contribution is -0.147. The molecule has 0 saturated carbocycles. The van der Waals surface area contributed by atoms with E-state index in [0.29, 0.717) is 23.7 Å². The molecule has 1 N–H and O–H groups in total. The largest absolute Gasteiger partial charge is 0.384 e. The molecule has 6 heteroatoms. The summed E-state index contributed by atoms with van der Waals surface area (Å²) >= 11 is 2.01. The molecular weight excluding hydrogens is 308 g/mol. The maximum Gasteiger partial charge on any atom is 0.231 e. The van der Waals surface area contributed by atoms with Crippen molar-refractivity contribution < 1.29 is 9.53 Å². The van der Waals surface area contributed by atoms with Gasteiger partial charge in [-0.25, -0.2) is 0 Å². The van der Waals surface area contributed by atoms with E-state index in [4.69, 9.17) is 4.74 Å². The number of nitrogens with zero attached hydrogens (tertiary/aromatic N) is 1. The van der Waals surface area contributed by atoms with Gasteiger partial charge in [0.05, 0.1) is 12.0 Å². The molecule has 2 rings (SSSR count). The van der Waals surface area contributed by atoms with Gasteiger partial charge in [-0.15, -0.1) is 12.4 Å². The predicted octanol–water partition coefficient (Wildman–Crippen LogP) is 2.02. The number of thioether (sulfide) groups is 1. The quantitative estimate of drug-likeness (QED) is 0.853. The first-order chi connectivity index (χ1) is 9.59. The van der Waals surface area contributed by atoms with Crippen LogP contribution in [-0.4, -0.2) is 61.7 Å². The second-order valence-corrected chi connectivity index (χ2v) is 7.71. The third-order valence-electron chi connectivity index (χ3n) is 4.56. The van der Waals surface area contributed by atoms with Gasteiger partial charge in [0, 0.05) is 31.2 Å². The zero-order valence-corrected chi connectivity index (χ0v) is 15.0. The molecule has 0 aromatic carbocycles. The first-order valence-electron chi connectivity index (χ1n) is 7.70. The van der Waals surface area contributed by atoms with Gasteiger partial charge in [0.25, 0.3) is 0 Å². The van der Waals surface area contributed by atoms with Crippen LogP contribution < -0.4 is 5.32 Å². The number of methoxy groups -OCH3 is 1. The summed E-state index contributed by atoms with van der Waals surface area (Å²) in [5, 5.41) is 3.93. The third kappa shape index (κ3) is 4.50. The second kappa shape index (κ2) is 8.61. The van der Waals surface area contributed by atoms with Gasteiger partial charge in [0.15, 0.2) is 0 Å². The van der Waals surface area contributed by atoms with Crippen molar-refractivity contribution in [2.24, 2.45) is 11.3 Å². The number of ether oxygens (including phenoxy) is 1. The van der Waals surface area contributed by atoms with Crippen molar-refractivity contribution in [3.8, 4) is 0 Å². The van der Waals surface area contributed by atoms with Crippen LogP contribution in [0.4, 0.5) is 0 Å². The van der Waals surface area contributed by atoms with Crippen LogP contribution in [0.25, 0.3) is 0 Å². The van der Waals surface area contributed by atoms with Gasteiger partial charge in [-0.05, 0) is 31.8 Å². The molecule has 2 fully saturated rings. The molecule has 0 spiro atoms. The molecule has 124 valence electrons. The molecule has 2 aliphatic heterocycles. The molecule has 2 saturated heterocycles. The fourth-order valence-corrected chi connectivity index (χ4v) is 4.50. The summed E-state index contributed by atoms with van der Waals surface area (Å²) in [5.74, 6) is 2.02. The molecule has 0 aromatic rings. The van der Waals surface area contributed by atoms with E-state index in [1.54, 1.807) is 7.11 Å². The lowest BCUT2D eigenvalue weighted by Crippen LogP contribution is -2.54. The molecule has 0 aliphatic carbocycles. The van der Waals surface area contributed by atoms with E-state index < -0.39 is 0 Å². The van der Waals surface area contributed by atoms with Gasteiger partial charge in [0.2, 0.25) is 5.91 Å². The maximum atomic E-state index is 13.0. The minimum absolute atomic E-state index is 0. The summed E-state index contributed by atoms with van der Waals surface area (Å²) in [4.78, 5) is 15.1. The lowest BCUT2D eigenvalue weighted by Gasteiger charge is -2.42. The number of piperidine rings is 1. The molecule has 4 nitrogen and oxygen atoms in total. The van der Waals surface area contributed by atoms with E-state index in [1.165, 1.54) is 0 Å². The highest BCUT2D eigenvalue weighted by atomic mass is 35.5. The van der Waals surface area contributed by atoms with Crippen LogP contribution in [0.3, 0.4) is 0 Å². The Kier molecular flexibility index (Phi) is 7.82. The summed E-state index contributed by atoms with van der Waals surface area (Å²) in [6.07, 6.45) is 1.80. The average Bonchev–Trinajstić information content (AvgIpc) is 2.48.